The molecule has 2 heterocycles. The van der Waals surface area contributed by atoms with Gasteiger partial charge in [-0.15, -0.1) is 0 Å². The minimum atomic E-state index is -4.21. The van der Waals surface area contributed by atoms with Gasteiger partial charge in [-0.3, -0.25) is 14.4 Å². The predicted molar refractivity (Wildman–Crippen MR) is 185 cm³/mol. The number of nitrogens with one attached hydrogen (secondary N) is 1. The number of fused-ring (bicyclic) bond motifs is 3. The highest BCUT2D eigenvalue weighted by Crippen LogP contribution is 2.43. The fourth-order valence-electron chi connectivity index (χ4n) is 7.54. The summed E-state index contributed by atoms with van der Waals surface area (Å²) in [6.45, 7) is 4.67. The Morgan fingerprint density at radius 3 is 2.43 bits per heavy atom. The number of methoxy groups -OCH3 is 2. The van der Waals surface area contributed by atoms with Crippen LogP contribution in [0.2, 0.25) is 5.02 Å². The summed E-state index contributed by atoms with van der Waals surface area (Å²) in [5.74, 6) is -4.59. The molecule has 13 heteroatoms. The van der Waals surface area contributed by atoms with Crippen molar-refractivity contribution in [1.82, 2.24) is 4.72 Å². The molecule has 2 aliphatic heterocycles. The van der Waals surface area contributed by atoms with Crippen molar-refractivity contribution in [3.63, 3.8) is 0 Å². The Kier molecular flexibility index (Phi) is 11.8. The van der Waals surface area contributed by atoms with Crippen LogP contribution < -0.4 is 14.4 Å². The molecule has 268 valence electrons. The van der Waals surface area contributed by atoms with Crippen molar-refractivity contribution < 1.29 is 42.1 Å². The maximum Gasteiger partial charge on any atom is 0.320 e. The smallest absolute Gasteiger partial charge is 0.320 e. The van der Waals surface area contributed by atoms with Gasteiger partial charge in [0.15, 0.2) is 5.92 Å². The molecule has 1 fully saturated rings. The standard InChI is InChI=1S/C36H47ClN2O9S/c1-21-15-27(33(35(42)46-3)36(43)47-4)18-31(40)29-12-9-25(29)19-39-14-6-5-7-23-16-28(37)11-8-26(23)20-48-32-13-10-24(17-30(32)39)34(41)38-49(44,45)22(21)2/h8,10-11,13,16-17,21-22,25,27,29,31,33,40H,5-7,9,12,14-15,18-20H2,1-4H3,(H,38,41)/t21-,22+,25-,27+,29+,31-/m0/s1. The van der Waals surface area contributed by atoms with E-state index in [0.29, 0.717) is 29.5 Å². The van der Waals surface area contributed by atoms with E-state index in [1.54, 1.807) is 25.1 Å². The van der Waals surface area contributed by atoms with Crippen LogP contribution >= 0.6 is 11.6 Å². The summed E-state index contributed by atoms with van der Waals surface area (Å²) in [5, 5.41) is 11.3. The van der Waals surface area contributed by atoms with Gasteiger partial charge in [-0.1, -0.05) is 24.6 Å². The van der Waals surface area contributed by atoms with Crippen molar-refractivity contribution >= 4 is 45.2 Å². The molecule has 0 saturated heterocycles. The molecule has 2 aromatic rings. The summed E-state index contributed by atoms with van der Waals surface area (Å²) < 4.78 is 45.8. The van der Waals surface area contributed by atoms with Crippen LogP contribution in [0.4, 0.5) is 5.69 Å². The third-order valence-electron chi connectivity index (χ3n) is 10.8. The molecule has 0 aromatic heterocycles. The molecule has 6 atom stereocenters. The van der Waals surface area contributed by atoms with Crippen molar-refractivity contribution in [2.24, 2.45) is 29.6 Å². The summed E-state index contributed by atoms with van der Waals surface area (Å²) in [6.07, 6.45) is 3.46. The zero-order valence-electron chi connectivity index (χ0n) is 28.5. The number of aliphatic hydroxyl groups excluding tert-OH is 1. The first kappa shape index (κ1) is 36.9. The first-order valence-electron chi connectivity index (χ1n) is 17.0. The molecule has 11 nitrogen and oxygen atoms in total. The van der Waals surface area contributed by atoms with Crippen molar-refractivity contribution in [1.29, 1.82) is 0 Å². The van der Waals surface area contributed by atoms with E-state index in [4.69, 9.17) is 25.8 Å². The van der Waals surface area contributed by atoms with E-state index in [0.717, 1.165) is 43.2 Å². The number of benzene rings is 2. The van der Waals surface area contributed by atoms with Crippen LogP contribution in [0.5, 0.6) is 5.75 Å². The molecule has 1 amide bonds. The van der Waals surface area contributed by atoms with Crippen LogP contribution in [0, 0.1) is 29.6 Å². The summed E-state index contributed by atoms with van der Waals surface area (Å²) in [6, 6.07) is 10.7. The largest absolute Gasteiger partial charge is 0.487 e. The number of sulfonamides is 1. The van der Waals surface area contributed by atoms with Crippen molar-refractivity contribution in [2.45, 2.75) is 76.8 Å². The Morgan fingerprint density at radius 2 is 1.76 bits per heavy atom. The number of amides is 1. The normalized spacial score (nSPS) is 27.6. The van der Waals surface area contributed by atoms with Crippen LogP contribution in [-0.2, 0) is 42.1 Å². The molecule has 2 bridgehead atoms. The maximum absolute atomic E-state index is 13.6. The van der Waals surface area contributed by atoms with Crippen molar-refractivity contribution in [2.75, 3.05) is 32.2 Å². The van der Waals surface area contributed by atoms with Crippen LogP contribution in [0.1, 0.15) is 73.9 Å². The average molecular weight is 719 g/mol. The van der Waals surface area contributed by atoms with E-state index in [2.05, 4.69) is 9.62 Å². The van der Waals surface area contributed by atoms with E-state index < -0.39 is 57.0 Å². The highest BCUT2D eigenvalue weighted by atomic mass is 35.5. The lowest BCUT2D eigenvalue weighted by molar-refractivity contribution is -0.162. The van der Waals surface area contributed by atoms with E-state index in [9.17, 15) is 27.9 Å². The number of nitrogens with zero attached hydrogens (tertiary/aromatic N) is 1. The third-order valence-corrected chi connectivity index (χ3v) is 12.9. The molecule has 3 aliphatic rings. The first-order valence-corrected chi connectivity index (χ1v) is 18.9. The fourth-order valence-corrected chi connectivity index (χ4v) is 9.01. The lowest BCUT2D eigenvalue weighted by Crippen LogP contribution is -2.46. The van der Waals surface area contributed by atoms with Gasteiger partial charge >= 0.3 is 11.9 Å². The highest BCUT2D eigenvalue weighted by Gasteiger charge is 2.44. The molecule has 0 radical (unpaired) electrons. The Morgan fingerprint density at radius 1 is 1.02 bits per heavy atom. The summed E-state index contributed by atoms with van der Waals surface area (Å²) in [4.78, 5) is 41.6. The Labute approximate surface area is 293 Å². The number of hydrogen-bond acceptors (Lipinski definition) is 10. The summed E-state index contributed by atoms with van der Waals surface area (Å²) in [7, 11) is -1.86. The number of aryl methyl sites for hydroxylation is 1. The van der Waals surface area contributed by atoms with E-state index >= 15 is 0 Å². The van der Waals surface area contributed by atoms with Crippen LogP contribution in [0.25, 0.3) is 0 Å². The van der Waals surface area contributed by atoms with Gasteiger partial charge in [0.1, 0.15) is 12.4 Å². The second-order valence-corrected chi connectivity index (χ2v) is 16.2. The topological polar surface area (TPSA) is 149 Å². The van der Waals surface area contributed by atoms with Gasteiger partial charge in [-0.25, -0.2) is 13.1 Å². The van der Waals surface area contributed by atoms with Gasteiger partial charge in [-0.2, -0.15) is 0 Å². The highest BCUT2D eigenvalue weighted by molar-refractivity contribution is 7.90. The minimum Gasteiger partial charge on any atom is -0.487 e. The Balaban J connectivity index is 1.55. The molecular weight excluding hydrogens is 672 g/mol. The number of aliphatic hydroxyl groups is 1. The number of carbonyl (C=O) groups excluding carboxylic acids is 3. The number of carbonyl (C=O) groups is 3. The second kappa shape index (κ2) is 15.7. The van der Waals surface area contributed by atoms with Gasteiger partial charge in [0.25, 0.3) is 5.91 Å². The molecule has 2 N–H and O–H groups in total. The molecule has 49 heavy (non-hydrogen) atoms. The average Bonchev–Trinajstić information content (AvgIpc) is 3.08. The number of halogens is 1. The second-order valence-electron chi connectivity index (χ2n) is 13.8. The Bertz CT molecular complexity index is 1630. The monoisotopic (exact) mass is 718 g/mol. The summed E-state index contributed by atoms with van der Waals surface area (Å²) >= 11 is 6.32. The van der Waals surface area contributed by atoms with Gasteiger partial charge in [0.05, 0.1) is 31.3 Å². The van der Waals surface area contributed by atoms with Gasteiger partial charge in [0, 0.05) is 23.7 Å². The third kappa shape index (κ3) is 8.35. The Hall–Kier alpha value is -3.35. The zero-order valence-corrected chi connectivity index (χ0v) is 30.1. The number of esters is 2. The maximum atomic E-state index is 13.6. The van der Waals surface area contributed by atoms with Gasteiger partial charge in [-0.05, 0) is 117 Å². The SMILES string of the molecule is COC(=O)C(C(=O)OC)[C@@H]1C[C@H](C)[C@@H](C)S(=O)(=O)NC(=O)c2ccc3c(c2)N(CCCCc2cc(Cl)ccc2CO3)C[C@@H]2CC[C@H]2[C@@H](O)C1. The van der Waals surface area contributed by atoms with Gasteiger partial charge in [0.2, 0.25) is 10.0 Å². The first-order chi connectivity index (χ1) is 23.3. The van der Waals surface area contributed by atoms with E-state index in [1.807, 2.05) is 18.2 Å². The zero-order chi connectivity index (χ0) is 35.5. The van der Waals surface area contributed by atoms with E-state index in [1.165, 1.54) is 21.1 Å². The number of ether oxygens (including phenoxy) is 3. The number of anilines is 1. The number of hydrogen-bond donors (Lipinski definition) is 2. The molecule has 1 aliphatic carbocycles. The van der Waals surface area contributed by atoms with Gasteiger partial charge < -0.3 is 24.2 Å². The molecular formula is C36H47ClN2O9S. The lowest BCUT2D eigenvalue weighted by Gasteiger charge is -2.44. The molecule has 0 unspecified atom stereocenters. The minimum absolute atomic E-state index is 0.0736. The van der Waals surface area contributed by atoms with E-state index in [-0.39, 0.29) is 36.8 Å². The summed E-state index contributed by atoms with van der Waals surface area (Å²) in [5.41, 5.74) is 2.98. The fraction of sp³-hybridized carbons (Fsp3) is 0.583. The quantitative estimate of drug-likeness (QED) is 0.332. The van der Waals surface area contributed by atoms with Crippen LogP contribution in [0.15, 0.2) is 36.4 Å². The predicted octanol–water partition coefficient (Wildman–Crippen LogP) is 4.91. The van der Waals surface area contributed by atoms with Crippen molar-refractivity contribution in [3.8, 4) is 5.75 Å². The molecule has 0 spiro atoms. The lowest BCUT2D eigenvalue weighted by atomic mass is 9.67. The van der Waals surface area contributed by atoms with Crippen molar-refractivity contribution in [3.05, 3.63) is 58.1 Å². The molecule has 1 saturated carbocycles. The van der Waals surface area contributed by atoms with Crippen LogP contribution in [0.3, 0.4) is 0 Å². The number of rotatable bonds is 3. The molecule has 2 aromatic carbocycles. The van der Waals surface area contributed by atoms with Crippen LogP contribution in [-0.4, -0.2) is 70.0 Å². The molecule has 5 rings (SSSR count).